The van der Waals surface area contributed by atoms with E-state index in [1.165, 1.54) is 0 Å². The number of rotatable bonds is 2. The molecular formula is C13H22BNO4. The minimum atomic E-state index is -0.972. The number of amides is 1. The first-order valence-electron chi connectivity index (χ1n) is 6.75. The van der Waals surface area contributed by atoms with Crippen molar-refractivity contribution in [2.24, 2.45) is 0 Å². The van der Waals surface area contributed by atoms with Gasteiger partial charge in [0.25, 0.3) is 0 Å². The third-order valence-corrected chi connectivity index (χ3v) is 4.29. The molecule has 0 bridgehead atoms. The predicted octanol–water partition coefficient (Wildman–Crippen LogP) is 2.36. The van der Waals surface area contributed by atoms with Gasteiger partial charge >= 0.3 is 13.2 Å². The van der Waals surface area contributed by atoms with Crippen LogP contribution in [-0.2, 0) is 9.31 Å². The number of hydrogen-bond donors (Lipinski definition) is 2. The smallest absolute Gasteiger partial charge is 0.465 e. The maximum Gasteiger partial charge on any atom is 0.490 e. The first kappa shape index (κ1) is 14.4. The molecule has 0 radical (unpaired) electrons. The summed E-state index contributed by atoms with van der Waals surface area (Å²) >= 11 is 0. The van der Waals surface area contributed by atoms with Gasteiger partial charge in [-0.25, -0.2) is 4.79 Å². The second-order valence-electron chi connectivity index (χ2n) is 6.30. The van der Waals surface area contributed by atoms with Gasteiger partial charge in [0.15, 0.2) is 0 Å². The molecule has 1 heterocycles. The Bertz CT molecular complexity index is 389. The zero-order chi connectivity index (χ0) is 14.3. The molecule has 2 N–H and O–H groups in total. The molecule has 5 nitrogen and oxygen atoms in total. The fourth-order valence-corrected chi connectivity index (χ4v) is 2.42. The average Bonchev–Trinajstić information content (AvgIpc) is 2.47. The van der Waals surface area contributed by atoms with Crippen LogP contribution in [0.1, 0.15) is 47.0 Å². The molecule has 2 rings (SSSR count). The molecule has 2 aliphatic rings. The second-order valence-corrected chi connectivity index (χ2v) is 6.30. The highest BCUT2D eigenvalue weighted by molar-refractivity contribution is 6.54. The van der Waals surface area contributed by atoms with Gasteiger partial charge in [-0.1, -0.05) is 6.08 Å². The van der Waals surface area contributed by atoms with Gasteiger partial charge in [0.2, 0.25) is 0 Å². The standard InChI is InChI=1S/C13H22BNO4/c1-12(2)13(3,4)19-14(18-12)9-6-5-7-10(8-9)15-11(16)17/h6,10,15H,5,7-8H2,1-4H3,(H,16,17). The largest absolute Gasteiger partial charge is 0.490 e. The first-order chi connectivity index (χ1) is 8.71. The Kier molecular flexibility index (Phi) is 3.66. The summed E-state index contributed by atoms with van der Waals surface area (Å²) in [6, 6.07) is -0.0449. The summed E-state index contributed by atoms with van der Waals surface area (Å²) in [7, 11) is -0.358. The zero-order valence-electron chi connectivity index (χ0n) is 12.0. The third kappa shape index (κ3) is 2.95. The van der Waals surface area contributed by atoms with Crippen molar-refractivity contribution < 1.29 is 19.2 Å². The quantitative estimate of drug-likeness (QED) is 0.753. The molecule has 1 aliphatic heterocycles. The molecule has 1 atom stereocenters. The molecular weight excluding hydrogens is 245 g/mol. The summed E-state index contributed by atoms with van der Waals surface area (Å²) in [4.78, 5) is 10.7. The topological polar surface area (TPSA) is 67.8 Å². The zero-order valence-corrected chi connectivity index (χ0v) is 12.0. The van der Waals surface area contributed by atoms with Crippen LogP contribution in [0.15, 0.2) is 11.5 Å². The van der Waals surface area contributed by atoms with Crippen LogP contribution in [0.25, 0.3) is 0 Å². The predicted molar refractivity (Wildman–Crippen MR) is 73.0 cm³/mol. The summed E-state index contributed by atoms with van der Waals surface area (Å²) < 4.78 is 12.0. The van der Waals surface area contributed by atoms with E-state index in [-0.39, 0.29) is 24.4 Å². The fourth-order valence-electron chi connectivity index (χ4n) is 2.42. The van der Waals surface area contributed by atoms with Crippen molar-refractivity contribution in [1.29, 1.82) is 0 Å². The van der Waals surface area contributed by atoms with E-state index < -0.39 is 6.09 Å². The molecule has 0 aromatic rings. The number of allylic oxidation sites excluding steroid dienone is 1. The lowest BCUT2D eigenvalue weighted by molar-refractivity contribution is 0.00578. The van der Waals surface area contributed by atoms with Crippen molar-refractivity contribution in [2.75, 3.05) is 0 Å². The Balaban J connectivity index is 2.04. The maximum atomic E-state index is 10.7. The maximum absolute atomic E-state index is 10.7. The molecule has 1 fully saturated rings. The third-order valence-electron chi connectivity index (χ3n) is 4.29. The molecule has 106 valence electrons. The minimum Gasteiger partial charge on any atom is -0.465 e. The molecule has 1 aliphatic carbocycles. The summed E-state index contributed by atoms with van der Waals surface area (Å²) in [5.74, 6) is 0. The number of carbonyl (C=O) groups is 1. The Labute approximate surface area is 114 Å². The highest BCUT2D eigenvalue weighted by atomic mass is 16.7. The molecule has 0 aromatic carbocycles. The second kappa shape index (κ2) is 4.83. The lowest BCUT2D eigenvalue weighted by Gasteiger charge is -2.32. The molecule has 1 unspecified atom stereocenters. The lowest BCUT2D eigenvalue weighted by atomic mass is 9.71. The molecule has 0 saturated carbocycles. The van der Waals surface area contributed by atoms with E-state index in [0.717, 1.165) is 18.3 Å². The van der Waals surface area contributed by atoms with E-state index >= 15 is 0 Å². The van der Waals surface area contributed by atoms with Crippen LogP contribution in [0, 0.1) is 0 Å². The number of carboxylic acid groups (broad SMARTS) is 1. The van der Waals surface area contributed by atoms with Gasteiger partial charge < -0.3 is 19.7 Å². The Morgan fingerprint density at radius 2 is 1.95 bits per heavy atom. The first-order valence-corrected chi connectivity index (χ1v) is 6.75. The molecule has 19 heavy (non-hydrogen) atoms. The van der Waals surface area contributed by atoms with Crippen molar-refractivity contribution in [3.63, 3.8) is 0 Å². The Morgan fingerprint density at radius 3 is 2.47 bits per heavy atom. The van der Waals surface area contributed by atoms with Gasteiger partial charge in [0.1, 0.15) is 0 Å². The van der Waals surface area contributed by atoms with Gasteiger partial charge in [-0.3, -0.25) is 0 Å². The Morgan fingerprint density at radius 1 is 1.37 bits per heavy atom. The van der Waals surface area contributed by atoms with E-state index in [1.807, 2.05) is 27.7 Å². The van der Waals surface area contributed by atoms with E-state index in [9.17, 15) is 4.79 Å². The van der Waals surface area contributed by atoms with Gasteiger partial charge in [-0.05, 0) is 52.4 Å². The van der Waals surface area contributed by atoms with Crippen LogP contribution in [0.2, 0.25) is 0 Å². The van der Waals surface area contributed by atoms with Crippen molar-refractivity contribution in [3.05, 3.63) is 11.5 Å². The van der Waals surface area contributed by atoms with E-state index in [4.69, 9.17) is 14.4 Å². The summed E-state index contributed by atoms with van der Waals surface area (Å²) in [6.07, 6.45) is 3.48. The van der Waals surface area contributed by atoms with Gasteiger partial charge in [-0.2, -0.15) is 0 Å². The average molecular weight is 267 g/mol. The van der Waals surface area contributed by atoms with Crippen LogP contribution in [0.4, 0.5) is 4.79 Å². The van der Waals surface area contributed by atoms with Crippen molar-refractivity contribution in [2.45, 2.75) is 64.2 Å². The molecule has 6 heteroatoms. The molecule has 1 saturated heterocycles. The molecule has 0 aromatic heterocycles. The van der Waals surface area contributed by atoms with E-state index in [1.54, 1.807) is 0 Å². The SMILES string of the molecule is CC1(C)OB(C2=CCCC(NC(=O)O)C2)OC1(C)C. The van der Waals surface area contributed by atoms with Crippen LogP contribution < -0.4 is 5.32 Å². The summed E-state index contributed by atoms with van der Waals surface area (Å²) in [6.45, 7) is 8.07. The number of hydrogen-bond acceptors (Lipinski definition) is 3. The normalized spacial score (nSPS) is 28.9. The Hall–Kier alpha value is -1.01. The van der Waals surface area contributed by atoms with Gasteiger partial charge in [-0.15, -0.1) is 0 Å². The molecule has 1 amide bonds. The monoisotopic (exact) mass is 267 g/mol. The van der Waals surface area contributed by atoms with Gasteiger partial charge in [0.05, 0.1) is 11.2 Å². The van der Waals surface area contributed by atoms with Crippen molar-refractivity contribution in [1.82, 2.24) is 5.32 Å². The minimum absolute atomic E-state index is 0.0449. The van der Waals surface area contributed by atoms with Crippen molar-refractivity contribution >= 4 is 13.2 Å². The summed E-state index contributed by atoms with van der Waals surface area (Å²) in [5.41, 5.74) is 0.334. The van der Waals surface area contributed by atoms with Crippen LogP contribution in [0.5, 0.6) is 0 Å². The molecule has 0 spiro atoms. The van der Waals surface area contributed by atoms with E-state index in [2.05, 4.69) is 11.4 Å². The fraction of sp³-hybridized carbons (Fsp3) is 0.769. The van der Waals surface area contributed by atoms with Crippen LogP contribution in [-0.4, -0.2) is 35.6 Å². The number of nitrogens with one attached hydrogen (secondary N) is 1. The highest BCUT2D eigenvalue weighted by Gasteiger charge is 2.52. The lowest BCUT2D eigenvalue weighted by Crippen LogP contribution is -2.41. The van der Waals surface area contributed by atoms with Crippen molar-refractivity contribution in [3.8, 4) is 0 Å². The summed E-state index contributed by atoms with van der Waals surface area (Å²) in [5, 5.41) is 11.3. The van der Waals surface area contributed by atoms with Crippen LogP contribution >= 0.6 is 0 Å². The van der Waals surface area contributed by atoms with Crippen LogP contribution in [0.3, 0.4) is 0 Å². The van der Waals surface area contributed by atoms with E-state index in [0.29, 0.717) is 6.42 Å². The van der Waals surface area contributed by atoms with Gasteiger partial charge in [0, 0.05) is 6.04 Å². The highest BCUT2D eigenvalue weighted by Crippen LogP contribution is 2.40.